The zero-order valence-electron chi connectivity index (χ0n) is 20.5. The number of hydrogen-bond donors (Lipinski definition) is 1. The van der Waals surface area contributed by atoms with Crippen LogP contribution in [0, 0.1) is 17.8 Å². The van der Waals surface area contributed by atoms with Crippen LogP contribution in [0.2, 0.25) is 0 Å². The van der Waals surface area contributed by atoms with Crippen LogP contribution in [0.4, 0.5) is 0 Å². The van der Waals surface area contributed by atoms with Gasteiger partial charge in [0.05, 0.1) is 18.9 Å². The van der Waals surface area contributed by atoms with Crippen molar-refractivity contribution >= 4 is 23.6 Å². The molecule has 1 heterocycles. The first-order valence-electron chi connectivity index (χ1n) is 11.9. The quantitative estimate of drug-likeness (QED) is 0.420. The monoisotopic (exact) mass is 469 g/mol. The van der Waals surface area contributed by atoms with Crippen LogP contribution in [-0.4, -0.2) is 59.7 Å². The molecule has 3 atom stereocenters. The molecule has 34 heavy (non-hydrogen) atoms. The summed E-state index contributed by atoms with van der Waals surface area (Å²) in [4.78, 5) is 54.4. The van der Waals surface area contributed by atoms with Gasteiger partial charge in [0.15, 0.2) is 0 Å². The summed E-state index contributed by atoms with van der Waals surface area (Å²) in [5.74, 6) is -0.625. The van der Waals surface area contributed by atoms with Crippen molar-refractivity contribution in [3.8, 4) is 5.75 Å². The molecule has 1 aliphatic heterocycles. The minimum absolute atomic E-state index is 0.0262. The minimum Gasteiger partial charge on any atom is -0.497 e. The molecule has 2 aliphatic rings. The number of benzene rings is 1. The molecule has 1 N–H and O–H groups in total. The van der Waals surface area contributed by atoms with E-state index in [1.54, 1.807) is 14.0 Å². The van der Waals surface area contributed by atoms with Gasteiger partial charge in [0.1, 0.15) is 11.8 Å². The highest BCUT2D eigenvalue weighted by atomic mass is 16.5. The standard InChI is InChI=1S/C26H35N3O5/c1-17(2)15-27-24(31)18(3)29(16-19-8-7-9-20(14-19)34-4)23(30)12-13-28-25(32)21-10-5-6-11-22(21)26(28)33/h5-9,14,17-18,21-22H,10-13,15-16H2,1-4H3,(H,27,31)/t18-,21-,22+/m0/s1. The number of nitrogens with zero attached hydrogens (tertiary/aromatic N) is 2. The Balaban J connectivity index is 1.72. The largest absolute Gasteiger partial charge is 0.497 e. The highest BCUT2D eigenvalue weighted by molar-refractivity contribution is 6.05. The predicted molar refractivity (Wildman–Crippen MR) is 128 cm³/mol. The van der Waals surface area contributed by atoms with E-state index in [1.807, 2.05) is 50.3 Å². The van der Waals surface area contributed by atoms with E-state index in [9.17, 15) is 19.2 Å². The third kappa shape index (κ3) is 5.85. The molecule has 0 spiro atoms. The number of imide groups is 1. The summed E-state index contributed by atoms with van der Waals surface area (Å²) < 4.78 is 5.29. The normalized spacial score (nSPS) is 20.3. The van der Waals surface area contributed by atoms with Gasteiger partial charge in [-0.05, 0) is 43.4 Å². The summed E-state index contributed by atoms with van der Waals surface area (Å²) in [6.07, 6.45) is 4.97. The lowest BCUT2D eigenvalue weighted by atomic mass is 9.85. The Hall–Kier alpha value is -3.16. The van der Waals surface area contributed by atoms with Crippen LogP contribution in [0.25, 0.3) is 0 Å². The molecule has 0 aromatic heterocycles. The van der Waals surface area contributed by atoms with Crippen LogP contribution in [-0.2, 0) is 25.7 Å². The number of methoxy groups -OCH3 is 1. The van der Waals surface area contributed by atoms with Gasteiger partial charge in [0.25, 0.3) is 0 Å². The highest BCUT2D eigenvalue weighted by Gasteiger charge is 2.47. The first kappa shape index (κ1) is 25.5. The van der Waals surface area contributed by atoms with Gasteiger partial charge in [-0.3, -0.25) is 24.1 Å². The molecule has 8 nitrogen and oxygen atoms in total. The van der Waals surface area contributed by atoms with Gasteiger partial charge < -0.3 is 15.0 Å². The van der Waals surface area contributed by atoms with Crippen LogP contribution in [0.3, 0.4) is 0 Å². The molecular formula is C26H35N3O5. The second-order valence-electron chi connectivity index (χ2n) is 9.42. The Kier molecular flexibility index (Phi) is 8.47. The van der Waals surface area contributed by atoms with Gasteiger partial charge in [0.2, 0.25) is 23.6 Å². The SMILES string of the molecule is COc1cccc(CN(C(=O)CCN2C(=O)[C@H]3CC=CC[C@H]3C2=O)[C@@H](C)C(=O)NCC(C)C)c1. The third-order valence-electron chi connectivity index (χ3n) is 6.49. The summed E-state index contributed by atoms with van der Waals surface area (Å²) in [5.41, 5.74) is 0.821. The van der Waals surface area contributed by atoms with Crippen molar-refractivity contribution < 1.29 is 23.9 Å². The number of hydrogen-bond acceptors (Lipinski definition) is 5. The van der Waals surface area contributed by atoms with Gasteiger partial charge >= 0.3 is 0 Å². The average molecular weight is 470 g/mol. The molecule has 1 aliphatic carbocycles. The van der Waals surface area contributed by atoms with E-state index >= 15 is 0 Å². The fourth-order valence-corrected chi connectivity index (χ4v) is 4.44. The summed E-state index contributed by atoms with van der Waals surface area (Å²) in [5, 5.41) is 2.89. The van der Waals surface area contributed by atoms with Gasteiger partial charge in [0, 0.05) is 26.1 Å². The number of carbonyl (C=O) groups is 4. The van der Waals surface area contributed by atoms with Crippen molar-refractivity contribution in [1.29, 1.82) is 0 Å². The molecule has 4 amide bonds. The average Bonchev–Trinajstić information content (AvgIpc) is 3.08. The molecule has 0 bridgehead atoms. The lowest BCUT2D eigenvalue weighted by molar-refractivity contribution is -0.143. The summed E-state index contributed by atoms with van der Waals surface area (Å²) >= 11 is 0. The fourth-order valence-electron chi connectivity index (χ4n) is 4.44. The molecular weight excluding hydrogens is 434 g/mol. The maximum absolute atomic E-state index is 13.3. The Morgan fingerprint density at radius 3 is 2.35 bits per heavy atom. The molecule has 3 rings (SSSR count). The molecule has 0 radical (unpaired) electrons. The topological polar surface area (TPSA) is 96.0 Å². The highest BCUT2D eigenvalue weighted by Crippen LogP contribution is 2.35. The van der Waals surface area contributed by atoms with E-state index in [4.69, 9.17) is 4.74 Å². The van der Waals surface area contributed by atoms with Gasteiger partial charge in [-0.2, -0.15) is 0 Å². The second-order valence-corrected chi connectivity index (χ2v) is 9.42. The number of fused-ring (bicyclic) bond motifs is 1. The van der Waals surface area contributed by atoms with Gasteiger partial charge in [-0.15, -0.1) is 0 Å². The third-order valence-corrected chi connectivity index (χ3v) is 6.49. The van der Waals surface area contributed by atoms with Crippen molar-refractivity contribution in [3.05, 3.63) is 42.0 Å². The van der Waals surface area contributed by atoms with Crippen molar-refractivity contribution in [3.63, 3.8) is 0 Å². The fraction of sp³-hybridized carbons (Fsp3) is 0.538. The summed E-state index contributed by atoms with van der Waals surface area (Å²) in [6.45, 7) is 6.45. The smallest absolute Gasteiger partial charge is 0.242 e. The van der Waals surface area contributed by atoms with Crippen molar-refractivity contribution in [2.45, 2.75) is 52.6 Å². The zero-order valence-corrected chi connectivity index (χ0v) is 20.5. The maximum Gasteiger partial charge on any atom is 0.242 e. The molecule has 184 valence electrons. The van der Waals surface area contributed by atoms with Crippen LogP contribution in [0.1, 0.15) is 45.6 Å². The van der Waals surface area contributed by atoms with Crippen molar-refractivity contribution in [1.82, 2.24) is 15.1 Å². The summed E-state index contributed by atoms with van der Waals surface area (Å²) in [7, 11) is 1.57. The Morgan fingerprint density at radius 1 is 1.12 bits per heavy atom. The number of carbonyl (C=O) groups excluding carboxylic acids is 4. The molecule has 1 fully saturated rings. The molecule has 1 aromatic carbocycles. The van der Waals surface area contributed by atoms with E-state index in [0.717, 1.165) is 5.56 Å². The van der Waals surface area contributed by atoms with E-state index in [0.29, 0.717) is 25.1 Å². The lowest BCUT2D eigenvalue weighted by Gasteiger charge is -2.29. The Bertz CT molecular complexity index is 932. The van der Waals surface area contributed by atoms with E-state index in [1.165, 1.54) is 9.80 Å². The van der Waals surface area contributed by atoms with Crippen LogP contribution in [0.5, 0.6) is 5.75 Å². The molecule has 1 saturated heterocycles. The van der Waals surface area contributed by atoms with Crippen molar-refractivity contribution in [2.75, 3.05) is 20.2 Å². The van der Waals surface area contributed by atoms with E-state index in [-0.39, 0.29) is 60.9 Å². The number of nitrogens with one attached hydrogen (secondary N) is 1. The van der Waals surface area contributed by atoms with Crippen molar-refractivity contribution in [2.24, 2.45) is 17.8 Å². The first-order chi connectivity index (χ1) is 16.2. The Labute approximate surface area is 201 Å². The predicted octanol–water partition coefficient (Wildman–Crippen LogP) is 2.53. The maximum atomic E-state index is 13.3. The molecule has 0 unspecified atom stereocenters. The minimum atomic E-state index is -0.714. The molecule has 0 saturated carbocycles. The summed E-state index contributed by atoms with van der Waals surface area (Å²) in [6, 6.07) is 6.62. The van der Waals surface area contributed by atoms with Gasteiger partial charge in [-0.25, -0.2) is 0 Å². The van der Waals surface area contributed by atoms with Crippen LogP contribution >= 0.6 is 0 Å². The zero-order chi connectivity index (χ0) is 24.8. The van der Waals surface area contributed by atoms with Crippen LogP contribution < -0.4 is 10.1 Å². The van der Waals surface area contributed by atoms with E-state index in [2.05, 4.69) is 5.32 Å². The number of likely N-dealkylation sites (tertiary alicyclic amines) is 1. The van der Waals surface area contributed by atoms with Crippen LogP contribution in [0.15, 0.2) is 36.4 Å². The van der Waals surface area contributed by atoms with Gasteiger partial charge in [-0.1, -0.05) is 38.1 Å². The number of allylic oxidation sites excluding steroid dienone is 2. The molecule has 8 heteroatoms. The van der Waals surface area contributed by atoms with E-state index < -0.39 is 6.04 Å². The Morgan fingerprint density at radius 2 is 1.76 bits per heavy atom. The number of amides is 4. The number of ether oxygens (including phenoxy) is 1. The second kappa shape index (κ2) is 11.3. The first-order valence-corrected chi connectivity index (χ1v) is 11.9. The number of rotatable bonds is 10. The molecule has 1 aromatic rings. The lowest BCUT2D eigenvalue weighted by Crippen LogP contribution is -2.49.